The molecule has 1 aromatic rings. The van der Waals surface area contributed by atoms with Gasteiger partial charge in [-0.15, -0.1) is 11.8 Å². The number of carboxylic acid groups (broad SMARTS) is 1. The van der Waals surface area contributed by atoms with E-state index in [1.165, 1.54) is 23.9 Å². The van der Waals surface area contributed by atoms with E-state index in [4.69, 9.17) is 68.3 Å². The molecule has 650 valence electrons. The normalized spacial score (nSPS) is 17.5. The number of phenolic OH excluding ortho intramolecular Hbond substituents is 1. The van der Waals surface area contributed by atoms with E-state index >= 15 is 0 Å². The van der Waals surface area contributed by atoms with Crippen LogP contribution in [-0.2, 0) is 116 Å². The molecular weight excluding hydrogens is 1510 g/mol. The van der Waals surface area contributed by atoms with Crippen molar-refractivity contribution in [2.24, 2.45) is 28.3 Å². The largest absolute Gasteiger partial charge is 0.508 e. The number of aliphatic imine (C=N–C) groups is 1. The van der Waals surface area contributed by atoms with Crippen molar-refractivity contribution in [3.05, 3.63) is 29.8 Å². The molecule has 3 rings (SSSR count). The van der Waals surface area contributed by atoms with E-state index in [2.05, 4.69) is 47.5 Å². The van der Waals surface area contributed by atoms with E-state index in [0.717, 1.165) is 11.3 Å². The maximum atomic E-state index is 14.2. The lowest BCUT2D eigenvalue weighted by atomic mass is 9.89. The maximum Gasteiger partial charge on any atom is 0.305 e. The molecule has 1 unspecified atom stereocenters. The number of nitrogens with one attached hydrogen (secondary N) is 8. The number of amides is 8. The summed E-state index contributed by atoms with van der Waals surface area (Å²) in [5.41, 5.74) is 11.5. The van der Waals surface area contributed by atoms with Crippen LogP contribution in [0.2, 0.25) is 0 Å². The van der Waals surface area contributed by atoms with Crippen LogP contribution >= 0.6 is 11.8 Å². The van der Waals surface area contributed by atoms with Crippen molar-refractivity contribution in [2.45, 2.75) is 153 Å². The number of benzene rings is 1. The molecule has 0 spiro atoms. The fraction of sp³-hybridized carbons (Fsp3) is 0.763. The van der Waals surface area contributed by atoms with Crippen LogP contribution in [0.1, 0.15) is 117 Å². The van der Waals surface area contributed by atoms with Gasteiger partial charge in [-0.05, 0) is 82.0 Å². The Morgan fingerprint density at radius 2 is 1.04 bits per heavy atom. The van der Waals surface area contributed by atoms with Gasteiger partial charge in [0.15, 0.2) is 17.5 Å². The van der Waals surface area contributed by atoms with Crippen molar-refractivity contribution in [2.75, 3.05) is 210 Å². The average molecular weight is 1640 g/mol. The third-order valence-electron chi connectivity index (χ3n) is 17.3. The molecule has 8 amide bonds. The number of ether oxygens (including phenoxy) is 12. The predicted molar refractivity (Wildman–Crippen MR) is 421 cm³/mol. The minimum absolute atomic E-state index is 0.00878. The summed E-state index contributed by atoms with van der Waals surface area (Å²) in [4.78, 5) is 148. The van der Waals surface area contributed by atoms with Gasteiger partial charge < -0.3 is 121 Å². The number of aromatic hydroxyl groups is 1. The molecule has 114 heavy (non-hydrogen) atoms. The van der Waals surface area contributed by atoms with Crippen LogP contribution in [0, 0.1) is 11.8 Å². The van der Waals surface area contributed by atoms with Crippen LogP contribution in [0.5, 0.6) is 5.75 Å². The van der Waals surface area contributed by atoms with Crippen molar-refractivity contribution >= 4 is 82.5 Å². The standard InChI is InChI=1S/C76H130N12O25S/c1-55(2)71(97)61(84-56(3)4)11-6-8-20-80-66(91)17-24-88-69(94)53-65(75(88)101)114-49-18-67(92)81-23-26-103-28-30-105-32-34-107-36-38-109-40-42-111-44-46-113-48-47-112-45-43-110-41-39-108-37-35-106-33-31-104-29-27-102-25-22-79-19-7-5-10-60-64(90)51-58(50-57-13-15-59(89)16-14-57)72(98)87-63(52-70(95)96)73(99)83-54-68(93)85-62(74(100)86-60)12-9-21-82-76(77)78/h13-16,55-56,58,60-63,65,79,84,89H,5-12,17-54H2,1-4H3,(H,80,91)(H,81,92)(H,83,99)(H,85,93)(H,86,100)(H,87,98)(H,95,96)(H4,77,78,82)/t58-,60+,61+,62+,63+,65?/m1/s1. The highest BCUT2D eigenvalue weighted by Gasteiger charge is 2.39. The summed E-state index contributed by atoms with van der Waals surface area (Å²) in [5, 5.41) is 41.2. The fourth-order valence-corrected chi connectivity index (χ4v) is 12.4. The first kappa shape index (κ1) is 101. The SMILES string of the molecule is CC(C)N[C@@H](CCCCNC(=O)CCN1C(=O)CC(SCCC(=O)NCCOCCOCCOCCOCCOCCOCCOCCOCCOCCOCCOCCOCCNCCCC[C@@H]2NC(=O)[C@H](CCCN=C(N)N)NC(=O)CNC(=O)[C@H](CC(=O)O)NC(=O)[C@H](Cc3ccc(O)cc3)CC2=O)C1=O)C(=O)C(C)C. The molecule has 0 aliphatic carbocycles. The molecule has 2 aliphatic rings. The Kier molecular flexibility index (Phi) is 57.6. The van der Waals surface area contributed by atoms with Crippen molar-refractivity contribution in [1.29, 1.82) is 0 Å². The Balaban J connectivity index is 1.06. The highest BCUT2D eigenvalue weighted by molar-refractivity contribution is 8.00. The quantitative estimate of drug-likeness (QED) is 0.0165. The molecule has 2 heterocycles. The van der Waals surface area contributed by atoms with Crippen LogP contribution in [0.15, 0.2) is 29.3 Å². The highest BCUT2D eigenvalue weighted by Crippen LogP contribution is 2.26. The number of Topliss-reactive ketones (excluding diaryl/α,β-unsaturated/α-hetero) is 2. The molecule has 0 saturated carbocycles. The molecule has 38 heteroatoms. The summed E-state index contributed by atoms with van der Waals surface area (Å²) in [6, 6.07) is 2.06. The minimum atomic E-state index is -1.60. The molecule has 0 bridgehead atoms. The molecule has 14 N–H and O–H groups in total. The minimum Gasteiger partial charge on any atom is -0.508 e. The lowest BCUT2D eigenvalue weighted by molar-refractivity contribution is -0.141. The number of phenols is 1. The van der Waals surface area contributed by atoms with Gasteiger partial charge in [-0.2, -0.15) is 0 Å². The zero-order chi connectivity index (χ0) is 83.2. The maximum absolute atomic E-state index is 14.2. The Labute approximate surface area is 674 Å². The first-order valence-corrected chi connectivity index (χ1v) is 40.8. The smallest absolute Gasteiger partial charge is 0.305 e. The highest BCUT2D eigenvalue weighted by atomic mass is 32.2. The van der Waals surface area contributed by atoms with Gasteiger partial charge >= 0.3 is 5.97 Å². The Hall–Kier alpha value is -7.15. The number of hydrogen-bond acceptors (Lipinski definition) is 28. The van der Waals surface area contributed by atoms with Crippen LogP contribution in [0.4, 0.5) is 0 Å². The Morgan fingerprint density at radius 1 is 0.553 bits per heavy atom. The van der Waals surface area contributed by atoms with Gasteiger partial charge in [0.05, 0.1) is 189 Å². The number of rotatable bonds is 68. The number of carbonyl (C=O) groups excluding carboxylic acids is 10. The van der Waals surface area contributed by atoms with Gasteiger partial charge in [-0.1, -0.05) is 39.8 Å². The van der Waals surface area contributed by atoms with Crippen LogP contribution in [0.25, 0.3) is 0 Å². The molecule has 0 aromatic heterocycles. The monoisotopic (exact) mass is 1640 g/mol. The third-order valence-corrected chi connectivity index (χ3v) is 18.5. The van der Waals surface area contributed by atoms with Gasteiger partial charge in [0, 0.05) is 82.0 Å². The second-order valence-electron chi connectivity index (χ2n) is 27.4. The van der Waals surface area contributed by atoms with E-state index in [-0.39, 0.29) is 117 Å². The predicted octanol–water partition coefficient (Wildman–Crippen LogP) is -0.783. The van der Waals surface area contributed by atoms with Gasteiger partial charge in [0.1, 0.15) is 17.8 Å². The summed E-state index contributed by atoms with van der Waals surface area (Å²) in [5.74, 6) is -7.04. The lowest BCUT2D eigenvalue weighted by Crippen LogP contribution is -2.54. The Bertz CT molecular complexity index is 2930. The number of nitrogens with two attached hydrogens (primary N) is 2. The number of carbonyl (C=O) groups is 11. The lowest BCUT2D eigenvalue weighted by Gasteiger charge is -2.25. The van der Waals surface area contributed by atoms with Crippen molar-refractivity contribution in [3.63, 3.8) is 0 Å². The number of carboxylic acids is 1. The summed E-state index contributed by atoms with van der Waals surface area (Å²) < 4.78 is 66.7. The van der Waals surface area contributed by atoms with Crippen molar-refractivity contribution in [1.82, 2.24) is 47.4 Å². The molecule has 1 aromatic carbocycles. The van der Waals surface area contributed by atoms with Gasteiger partial charge in [0.25, 0.3) is 0 Å². The van der Waals surface area contributed by atoms with E-state index in [1.807, 2.05) is 27.7 Å². The molecule has 2 aliphatic heterocycles. The zero-order valence-electron chi connectivity index (χ0n) is 67.2. The van der Waals surface area contributed by atoms with Gasteiger partial charge in [-0.25, -0.2) is 0 Å². The molecule has 2 saturated heterocycles. The second kappa shape index (κ2) is 65.0. The molecule has 37 nitrogen and oxygen atoms in total. The van der Waals surface area contributed by atoms with E-state index < -0.39 is 84.1 Å². The van der Waals surface area contributed by atoms with Gasteiger partial charge in [0.2, 0.25) is 47.3 Å². The van der Waals surface area contributed by atoms with Crippen LogP contribution in [0.3, 0.4) is 0 Å². The number of unbranched alkanes of at least 4 members (excludes halogenated alkanes) is 2. The van der Waals surface area contributed by atoms with E-state index in [9.17, 15) is 63.0 Å². The van der Waals surface area contributed by atoms with Crippen LogP contribution < -0.4 is 54.0 Å². The summed E-state index contributed by atoms with van der Waals surface area (Å²) in [7, 11) is 0. The summed E-state index contributed by atoms with van der Waals surface area (Å²) in [6.45, 7) is 18.7. The fourth-order valence-electron chi connectivity index (χ4n) is 11.3. The third kappa shape index (κ3) is 51.0. The summed E-state index contributed by atoms with van der Waals surface area (Å²) >= 11 is 1.26. The first-order valence-electron chi connectivity index (χ1n) is 39.7. The number of thioether (sulfide) groups is 1. The number of guanidine groups is 1. The number of hydrogen-bond donors (Lipinski definition) is 12. The average Bonchev–Trinajstić information content (AvgIpc) is 1.67. The summed E-state index contributed by atoms with van der Waals surface area (Å²) in [6.07, 6.45) is 2.70. The van der Waals surface area contributed by atoms with Crippen LogP contribution in [-0.4, -0.2) is 331 Å². The number of likely N-dealkylation sites (tertiary alicyclic amines) is 1. The molecule has 6 atom stereocenters. The molecule has 2 fully saturated rings. The topological polar surface area (TPSA) is 503 Å². The van der Waals surface area contributed by atoms with E-state index in [0.29, 0.717) is 222 Å². The first-order chi connectivity index (χ1) is 55.0. The number of imide groups is 1. The van der Waals surface area contributed by atoms with E-state index in [1.54, 1.807) is 12.1 Å². The number of ketones is 2. The second-order valence-corrected chi connectivity index (χ2v) is 28.7. The Morgan fingerprint density at radius 3 is 1.54 bits per heavy atom. The zero-order valence-corrected chi connectivity index (χ0v) is 68.0. The molecule has 0 radical (unpaired) electrons. The number of nitrogens with zero attached hydrogens (tertiary/aromatic N) is 2. The van der Waals surface area contributed by atoms with Crippen molar-refractivity contribution in [3.8, 4) is 5.75 Å². The van der Waals surface area contributed by atoms with Gasteiger partial charge in [-0.3, -0.25) is 62.6 Å². The molecular formula is C76H130N12O25S. The number of aliphatic carboxylic acids is 1. The van der Waals surface area contributed by atoms with Crippen molar-refractivity contribution < 1.29 is 120 Å².